The van der Waals surface area contributed by atoms with Gasteiger partial charge in [-0.2, -0.15) is 0 Å². The maximum atomic E-state index is 12.5. The van der Waals surface area contributed by atoms with Crippen LogP contribution in [0.5, 0.6) is 11.5 Å². The van der Waals surface area contributed by atoms with Crippen molar-refractivity contribution in [1.82, 2.24) is 10.6 Å². The van der Waals surface area contributed by atoms with E-state index < -0.39 is 12.0 Å². The third kappa shape index (κ3) is 3.95. The Morgan fingerprint density at radius 2 is 2.08 bits per heavy atom. The monoisotopic (exact) mass is 352 g/mol. The van der Waals surface area contributed by atoms with Crippen molar-refractivity contribution in [3.63, 3.8) is 0 Å². The topological polar surface area (TPSA) is 89.1 Å². The highest BCUT2D eigenvalue weighted by atomic mass is 32.1. The van der Waals surface area contributed by atoms with E-state index in [2.05, 4.69) is 10.6 Å². The molecule has 1 aliphatic heterocycles. The number of nitrogens with one attached hydrogen (secondary N) is 2. The van der Waals surface area contributed by atoms with Gasteiger partial charge in [-0.1, -0.05) is 6.07 Å². The van der Waals surface area contributed by atoms with E-state index in [1.165, 1.54) is 20.3 Å². The molecular formula is C16H20N2O5S. The zero-order valence-corrected chi connectivity index (χ0v) is 14.5. The summed E-state index contributed by atoms with van der Waals surface area (Å²) in [6, 6.07) is 4.34. The number of hydrogen-bond donors (Lipinski definition) is 3. The van der Waals surface area contributed by atoms with Crippen molar-refractivity contribution in [2.45, 2.75) is 13.0 Å². The van der Waals surface area contributed by atoms with Crippen LogP contribution in [-0.2, 0) is 14.3 Å². The fourth-order valence-electron chi connectivity index (χ4n) is 2.38. The molecule has 0 radical (unpaired) electrons. The molecule has 8 heteroatoms. The van der Waals surface area contributed by atoms with Crippen LogP contribution in [0, 0.1) is 0 Å². The normalized spacial score (nSPS) is 17.1. The molecule has 0 aromatic heterocycles. The number of carbonyl (C=O) groups excluding carboxylic acids is 1. The van der Waals surface area contributed by atoms with E-state index in [0.717, 1.165) is 0 Å². The molecule has 1 heterocycles. The Kier molecular flexibility index (Phi) is 5.99. The van der Waals surface area contributed by atoms with Gasteiger partial charge >= 0.3 is 5.97 Å². The van der Waals surface area contributed by atoms with Gasteiger partial charge in [0.05, 0.1) is 25.3 Å². The number of esters is 1. The van der Waals surface area contributed by atoms with Gasteiger partial charge in [-0.3, -0.25) is 0 Å². The molecule has 0 aliphatic carbocycles. The highest BCUT2D eigenvalue weighted by molar-refractivity contribution is 7.80. The van der Waals surface area contributed by atoms with E-state index >= 15 is 0 Å². The molecular weight excluding hydrogens is 332 g/mol. The second kappa shape index (κ2) is 7.98. The predicted octanol–water partition coefficient (Wildman–Crippen LogP) is 1.38. The first-order chi connectivity index (χ1) is 11.5. The van der Waals surface area contributed by atoms with Gasteiger partial charge in [0, 0.05) is 12.8 Å². The lowest BCUT2D eigenvalue weighted by molar-refractivity contribution is -0.140. The number of carbonyl (C=O) groups is 1. The Balaban J connectivity index is 2.36. The number of hydrogen-bond acceptors (Lipinski definition) is 6. The van der Waals surface area contributed by atoms with Gasteiger partial charge in [0.15, 0.2) is 16.6 Å². The van der Waals surface area contributed by atoms with Crippen molar-refractivity contribution in [1.29, 1.82) is 0 Å². The molecule has 130 valence electrons. The number of phenolic OH excluding ortho intramolecular Hbond substituents is 1. The van der Waals surface area contributed by atoms with E-state index in [-0.39, 0.29) is 12.4 Å². The minimum absolute atomic E-state index is 0.0164. The molecule has 0 saturated heterocycles. The van der Waals surface area contributed by atoms with Crippen molar-refractivity contribution in [3.8, 4) is 11.5 Å². The highest BCUT2D eigenvalue weighted by Crippen LogP contribution is 2.33. The molecule has 0 bridgehead atoms. The largest absolute Gasteiger partial charge is 0.504 e. The number of benzene rings is 1. The third-order valence-electron chi connectivity index (χ3n) is 3.55. The van der Waals surface area contributed by atoms with Crippen molar-refractivity contribution in [3.05, 3.63) is 35.0 Å². The molecule has 0 amide bonds. The van der Waals surface area contributed by atoms with E-state index in [0.29, 0.717) is 34.3 Å². The first-order valence-corrected chi connectivity index (χ1v) is 7.70. The fourth-order valence-corrected chi connectivity index (χ4v) is 2.65. The number of aromatic hydroxyl groups is 1. The number of phenols is 1. The zero-order chi connectivity index (χ0) is 17.7. The number of thiocarbonyl (C=S) groups is 1. The Labute approximate surface area is 145 Å². The summed E-state index contributed by atoms with van der Waals surface area (Å²) in [5.74, 6) is -0.143. The van der Waals surface area contributed by atoms with Crippen molar-refractivity contribution in [2.24, 2.45) is 0 Å². The van der Waals surface area contributed by atoms with Crippen LogP contribution < -0.4 is 15.4 Å². The number of ether oxygens (including phenoxy) is 3. The SMILES string of the molecule is COCCOC(=O)C1=C(C)NC(=S)NC1c1ccc(O)c(OC)c1. The van der Waals surface area contributed by atoms with E-state index in [1.807, 2.05) is 0 Å². The van der Waals surface area contributed by atoms with Crippen LogP contribution >= 0.6 is 12.2 Å². The Bertz CT molecular complexity index is 674. The molecule has 24 heavy (non-hydrogen) atoms. The van der Waals surface area contributed by atoms with Crippen LogP contribution in [0.1, 0.15) is 18.5 Å². The van der Waals surface area contributed by atoms with Crippen LogP contribution in [0.4, 0.5) is 0 Å². The first kappa shape index (κ1) is 18.0. The van der Waals surface area contributed by atoms with Crippen LogP contribution in [-0.4, -0.2) is 43.6 Å². The molecule has 2 rings (SSSR count). The van der Waals surface area contributed by atoms with Crippen molar-refractivity contribution < 1.29 is 24.1 Å². The van der Waals surface area contributed by atoms with Gasteiger partial charge in [-0.05, 0) is 36.8 Å². The number of methoxy groups -OCH3 is 2. The zero-order valence-electron chi connectivity index (χ0n) is 13.7. The molecule has 0 fully saturated rings. The van der Waals surface area contributed by atoms with Gasteiger partial charge in [0.2, 0.25) is 0 Å². The summed E-state index contributed by atoms with van der Waals surface area (Å²) in [5, 5.41) is 16.1. The quantitative estimate of drug-likeness (QED) is 0.402. The lowest BCUT2D eigenvalue weighted by Gasteiger charge is -2.30. The van der Waals surface area contributed by atoms with Crippen molar-refractivity contribution in [2.75, 3.05) is 27.4 Å². The number of rotatable bonds is 6. The van der Waals surface area contributed by atoms with E-state index in [1.54, 1.807) is 19.1 Å². The minimum atomic E-state index is -0.511. The summed E-state index contributed by atoms with van der Waals surface area (Å²) in [7, 11) is 2.99. The molecule has 7 nitrogen and oxygen atoms in total. The van der Waals surface area contributed by atoms with Crippen LogP contribution in [0.2, 0.25) is 0 Å². The molecule has 1 aromatic carbocycles. The van der Waals surface area contributed by atoms with Crippen LogP contribution in [0.3, 0.4) is 0 Å². The second-order valence-electron chi connectivity index (χ2n) is 5.13. The third-order valence-corrected chi connectivity index (χ3v) is 3.77. The summed E-state index contributed by atoms with van der Waals surface area (Å²) in [6.45, 7) is 2.22. The Hall–Kier alpha value is -2.32. The summed E-state index contributed by atoms with van der Waals surface area (Å²) in [5.41, 5.74) is 1.73. The fraction of sp³-hybridized carbons (Fsp3) is 0.375. The standard InChI is InChI=1S/C16H20N2O5S/c1-9-13(15(20)23-7-6-21-2)14(18-16(24)17-9)10-4-5-11(19)12(8-10)22-3/h4-5,8,14,19H,6-7H2,1-3H3,(H2,17,18,24). The molecule has 1 unspecified atom stereocenters. The molecule has 0 saturated carbocycles. The first-order valence-electron chi connectivity index (χ1n) is 7.29. The maximum Gasteiger partial charge on any atom is 0.338 e. The Morgan fingerprint density at radius 3 is 2.75 bits per heavy atom. The lowest BCUT2D eigenvalue weighted by atomic mass is 9.95. The van der Waals surface area contributed by atoms with Crippen LogP contribution in [0.25, 0.3) is 0 Å². The summed E-state index contributed by atoms with van der Waals surface area (Å²) in [6.07, 6.45) is 0. The van der Waals surface area contributed by atoms with Gasteiger partial charge in [-0.15, -0.1) is 0 Å². The van der Waals surface area contributed by atoms with Gasteiger partial charge in [-0.25, -0.2) is 4.79 Å². The second-order valence-corrected chi connectivity index (χ2v) is 5.54. The summed E-state index contributed by atoms with van der Waals surface area (Å²) in [4.78, 5) is 12.5. The van der Waals surface area contributed by atoms with Gasteiger partial charge in [0.1, 0.15) is 6.61 Å². The molecule has 0 spiro atoms. The van der Waals surface area contributed by atoms with Crippen LogP contribution in [0.15, 0.2) is 29.5 Å². The van der Waals surface area contributed by atoms with Crippen molar-refractivity contribution >= 4 is 23.3 Å². The van der Waals surface area contributed by atoms with Gasteiger partial charge < -0.3 is 30.0 Å². The predicted molar refractivity (Wildman–Crippen MR) is 91.8 cm³/mol. The highest BCUT2D eigenvalue weighted by Gasteiger charge is 2.31. The molecule has 1 aromatic rings. The minimum Gasteiger partial charge on any atom is -0.504 e. The van der Waals surface area contributed by atoms with E-state index in [9.17, 15) is 9.90 Å². The Morgan fingerprint density at radius 1 is 1.33 bits per heavy atom. The number of allylic oxidation sites excluding steroid dienone is 1. The molecule has 1 atom stereocenters. The van der Waals surface area contributed by atoms with E-state index in [4.69, 9.17) is 26.4 Å². The summed E-state index contributed by atoms with van der Waals surface area (Å²) < 4.78 is 15.3. The maximum absolute atomic E-state index is 12.5. The smallest absolute Gasteiger partial charge is 0.338 e. The average Bonchev–Trinajstić information content (AvgIpc) is 2.54. The lowest BCUT2D eigenvalue weighted by Crippen LogP contribution is -2.45. The molecule has 3 N–H and O–H groups in total. The average molecular weight is 352 g/mol. The molecule has 1 aliphatic rings. The summed E-state index contributed by atoms with van der Waals surface area (Å²) >= 11 is 5.18. The van der Waals surface area contributed by atoms with Gasteiger partial charge in [0.25, 0.3) is 0 Å².